The number of fused-ring (bicyclic) bond motifs is 1. The van der Waals surface area contributed by atoms with E-state index in [-0.39, 0.29) is 6.03 Å². The van der Waals surface area contributed by atoms with E-state index in [9.17, 15) is 4.79 Å². The summed E-state index contributed by atoms with van der Waals surface area (Å²) >= 11 is 11.8. The Balaban J connectivity index is 1.49. The number of nitrogens with one attached hydrogen (secondary N) is 3. The summed E-state index contributed by atoms with van der Waals surface area (Å²) in [6.07, 6.45) is 0. The van der Waals surface area contributed by atoms with Gasteiger partial charge in [0.15, 0.2) is 0 Å². The monoisotopic (exact) mass is 521 g/mol. The van der Waals surface area contributed by atoms with Gasteiger partial charge in [-0.05, 0) is 80.1 Å². The quantitative estimate of drug-likeness (QED) is 0.199. The van der Waals surface area contributed by atoms with Crippen LogP contribution in [0.2, 0.25) is 0 Å². The highest BCUT2D eigenvalue weighted by Crippen LogP contribution is 2.29. The lowest BCUT2D eigenvalue weighted by atomic mass is 10.1. The van der Waals surface area contributed by atoms with E-state index >= 15 is 0 Å². The second kappa shape index (κ2) is 12.0. The summed E-state index contributed by atoms with van der Waals surface area (Å²) < 4.78 is 0. The Bertz CT molecular complexity index is 1340. The molecule has 0 radical (unpaired) electrons. The highest BCUT2D eigenvalue weighted by atomic mass is 35.5. The SMILES string of the molecule is Cc1cccc(Nc2cc(C)nc3ccc(NC(=O)Nc4ccc(N(CCCl)CCCl)cc4)cc23)c1. The molecule has 4 rings (SSSR count). The minimum absolute atomic E-state index is 0.325. The van der Waals surface area contributed by atoms with Crippen molar-refractivity contribution in [2.75, 3.05) is 45.7 Å². The first-order valence-corrected chi connectivity index (χ1v) is 12.8. The number of aryl methyl sites for hydroxylation is 2. The third-order valence-corrected chi connectivity index (χ3v) is 6.03. The number of rotatable bonds is 9. The third-order valence-electron chi connectivity index (χ3n) is 5.69. The zero-order valence-corrected chi connectivity index (χ0v) is 21.8. The van der Waals surface area contributed by atoms with Crippen LogP contribution in [0.4, 0.5) is 33.2 Å². The van der Waals surface area contributed by atoms with Gasteiger partial charge in [-0.3, -0.25) is 4.98 Å². The molecule has 0 saturated carbocycles. The highest BCUT2D eigenvalue weighted by Gasteiger charge is 2.10. The molecule has 1 heterocycles. The van der Waals surface area contributed by atoms with Crippen LogP contribution < -0.4 is 20.9 Å². The summed E-state index contributed by atoms with van der Waals surface area (Å²) in [6, 6.07) is 23.2. The first-order chi connectivity index (χ1) is 17.4. The van der Waals surface area contributed by atoms with Crippen molar-refractivity contribution in [1.29, 1.82) is 0 Å². The summed E-state index contributed by atoms with van der Waals surface area (Å²) in [7, 11) is 0. The molecule has 8 heteroatoms. The predicted molar refractivity (Wildman–Crippen MR) is 154 cm³/mol. The van der Waals surface area contributed by atoms with Gasteiger partial charge < -0.3 is 20.9 Å². The second-order valence-electron chi connectivity index (χ2n) is 8.53. The standard InChI is InChI=1S/C28H29Cl2N5O/c1-19-4-3-5-22(16-19)32-27-17-20(2)31-26-11-8-23(18-25(26)27)34-28(36)33-21-6-9-24(10-7-21)35(14-12-29)15-13-30/h3-11,16-18H,12-15H2,1-2H3,(H,31,32)(H2,33,34,36). The molecule has 4 aromatic rings. The Kier molecular flexibility index (Phi) is 8.52. The summed E-state index contributed by atoms with van der Waals surface area (Å²) in [6.45, 7) is 5.44. The van der Waals surface area contributed by atoms with Crippen LogP contribution >= 0.6 is 23.2 Å². The Labute approximate surface area is 221 Å². The fraction of sp³-hybridized carbons (Fsp3) is 0.214. The van der Waals surface area contributed by atoms with Crippen LogP contribution in [0.3, 0.4) is 0 Å². The van der Waals surface area contributed by atoms with Crippen LogP contribution in [0.5, 0.6) is 0 Å². The lowest BCUT2D eigenvalue weighted by Gasteiger charge is -2.23. The molecule has 0 aliphatic rings. The molecular weight excluding hydrogens is 493 g/mol. The molecule has 0 bridgehead atoms. The zero-order chi connectivity index (χ0) is 25.5. The van der Waals surface area contributed by atoms with E-state index in [0.717, 1.165) is 33.7 Å². The number of nitrogens with zero attached hydrogens (tertiary/aromatic N) is 2. The molecule has 2 amide bonds. The molecule has 36 heavy (non-hydrogen) atoms. The van der Waals surface area contributed by atoms with Gasteiger partial charge in [0, 0.05) is 64.4 Å². The van der Waals surface area contributed by atoms with E-state index in [4.69, 9.17) is 23.2 Å². The number of benzene rings is 3. The van der Waals surface area contributed by atoms with Crippen molar-refractivity contribution in [3.05, 3.63) is 84.1 Å². The minimum Gasteiger partial charge on any atom is -0.369 e. The van der Waals surface area contributed by atoms with Crippen molar-refractivity contribution < 1.29 is 4.79 Å². The Hall–Kier alpha value is -3.48. The van der Waals surface area contributed by atoms with E-state index in [1.165, 1.54) is 5.56 Å². The number of halogens is 2. The normalized spacial score (nSPS) is 10.8. The maximum Gasteiger partial charge on any atom is 0.323 e. The van der Waals surface area contributed by atoms with E-state index < -0.39 is 0 Å². The zero-order valence-electron chi connectivity index (χ0n) is 20.3. The molecule has 0 spiro atoms. The fourth-order valence-electron chi connectivity index (χ4n) is 4.04. The molecule has 0 atom stereocenters. The number of anilines is 5. The van der Waals surface area contributed by atoms with Crippen molar-refractivity contribution in [2.45, 2.75) is 13.8 Å². The summed E-state index contributed by atoms with van der Waals surface area (Å²) in [5.74, 6) is 1.03. The van der Waals surface area contributed by atoms with Crippen molar-refractivity contribution in [3.63, 3.8) is 0 Å². The topological polar surface area (TPSA) is 69.3 Å². The van der Waals surface area contributed by atoms with E-state index in [0.29, 0.717) is 36.2 Å². The van der Waals surface area contributed by atoms with Crippen LogP contribution in [-0.2, 0) is 0 Å². The molecule has 186 valence electrons. The first kappa shape index (κ1) is 25.6. The van der Waals surface area contributed by atoms with Crippen LogP contribution in [0, 0.1) is 13.8 Å². The van der Waals surface area contributed by atoms with Gasteiger partial charge in [0.2, 0.25) is 0 Å². The van der Waals surface area contributed by atoms with E-state index in [1.807, 2.05) is 67.6 Å². The van der Waals surface area contributed by atoms with Gasteiger partial charge in [-0.25, -0.2) is 4.79 Å². The molecule has 0 unspecified atom stereocenters. The van der Waals surface area contributed by atoms with Crippen LogP contribution in [-0.4, -0.2) is 35.9 Å². The van der Waals surface area contributed by atoms with E-state index in [2.05, 4.69) is 44.9 Å². The van der Waals surface area contributed by atoms with Gasteiger partial charge in [0.05, 0.1) is 5.52 Å². The fourth-order valence-corrected chi connectivity index (χ4v) is 4.45. The van der Waals surface area contributed by atoms with Crippen LogP contribution in [0.15, 0.2) is 72.8 Å². The molecule has 0 aliphatic heterocycles. The lowest BCUT2D eigenvalue weighted by Crippen LogP contribution is -2.27. The largest absolute Gasteiger partial charge is 0.369 e. The average Bonchev–Trinajstić information content (AvgIpc) is 2.85. The van der Waals surface area contributed by atoms with Gasteiger partial charge in [-0.15, -0.1) is 23.2 Å². The molecular formula is C28H29Cl2N5O. The Morgan fingerprint density at radius 2 is 1.53 bits per heavy atom. The first-order valence-electron chi connectivity index (χ1n) is 11.8. The molecule has 3 N–H and O–H groups in total. The molecule has 3 aromatic carbocycles. The Morgan fingerprint density at radius 1 is 0.833 bits per heavy atom. The smallest absolute Gasteiger partial charge is 0.323 e. The maximum absolute atomic E-state index is 12.7. The van der Waals surface area contributed by atoms with Crippen molar-refractivity contribution in [1.82, 2.24) is 4.98 Å². The number of hydrogen-bond donors (Lipinski definition) is 3. The number of carbonyl (C=O) groups is 1. The minimum atomic E-state index is -0.325. The number of aromatic nitrogens is 1. The van der Waals surface area contributed by atoms with E-state index in [1.54, 1.807) is 0 Å². The molecule has 0 saturated heterocycles. The van der Waals surface area contributed by atoms with Gasteiger partial charge in [-0.1, -0.05) is 12.1 Å². The number of urea groups is 1. The van der Waals surface area contributed by atoms with Gasteiger partial charge in [0.25, 0.3) is 0 Å². The summed E-state index contributed by atoms with van der Waals surface area (Å²) in [5.41, 5.74) is 7.23. The summed E-state index contributed by atoms with van der Waals surface area (Å²) in [4.78, 5) is 19.5. The third kappa shape index (κ3) is 6.59. The lowest BCUT2D eigenvalue weighted by molar-refractivity contribution is 0.262. The molecule has 0 fully saturated rings. The van der Waals surface area contributed by atoms with Crippen LogP contribution in [0.25, 0.3) is 10.9 Å². The number of alkyl halides is 2. The van der Waals surface area contributed by atoms with Gasteiger partial charge in [-0.2, -0.15) is 0 Å². The average molecular weight is 522 g/mol. The summed E-state index contributed by atoms with van der Waals surface area (Å²) in [5, 5.41) is 10.2. The number of hydrogen-bond acceptors (Lipinski definition) is 4. The number of pyridine rings is 1. The number of amides is 2. The highest BCUT2D eigenvalue weighted by molar-refractivity contribution is 6.18. The van der Waals surface area contributed by atoms with Gasteiger partial charge >= 0.3 is 6.03 Å². The second-order valence-corrected chi connectivity index (χ2v) is 9.28. The Morgan fingerprint density at radius 3 is 2.22 bits per heavy atom. The van der Waals surface area contributed by atoms with Crippen molar-refractivity contribution in [2.24, 2.45) is 0 Å². The molecule has 0 aliphatic carbocycles. The van der Waals surface area contributed by atoms with Crippen LogP contribution in [0.1, 0.15) is 11.3 Å². The molecule has 1 aromatic heterocycles. The van der Waals surface area contributed by atoms with Crippen molar-refractivity contribution >= 4 is 68.6 Å². The maximum atomic E-state index is 12.7. The van der Waals surface area contributed by atoms with Gasteiger partial charge in [0.1, 0.15) is 0 Å². The molecule has 6 nitrogen and oxygen atoms in total. The predicted octanol–water partition coefficient (Wildman–Crippen LogP) is 7.52. The number of carbonyl (C=O) groups excluding carboxylic acids is 1. The van der Waals surface area contributed by atoms with Crippen molar-refractivity contribution in [3.8, 4) is 0 Å².